The third-order valence-electron chi connectivity index (χ3n) is 3.28. The van der Waals surface area contributed by atoms with E-state index in [1.54, 1.807) is 0 Å². The van der Waals surface area contributed by atoms with E-state index in [-0.39, 0.29) is 5.78 Å². The number of halogens is 2. The zero-order valence-corrected chi connectivity index (χ0v) is 14.2. The number of hydrogen-bond donors (Lipinski definition) is 0. The molecular weight excluding hydrogens is 380 g/mol. The highest BCUT2D eigenvalue weighted by atomic mass is 79.9. The first-order chi connectivity index (χ1) is 9.66. The summed E-state index contributed by atoms with van der Waals surface area (Å²) < 4.78 is -0.450. The molecule has 0 aliphatic carbocycles. The van der Waals surface area contributed by atoms with Crippen LogP contribution in [0.4, 0.5) is 0 Å². The Bertz CT molecular complexity index is 512. The molecule has 0 aliphatic rings. The fourth-order valence-corrected chi connectivity index (χ4v) is 3.52. The number of ketones is 1. The van der Waals surface area contributed by atoms with Crippen molar-refractivity contribution < 1.29 is 4.79 Å². The van der Waals surface area contributed by atoms with Gasteiger partial charge in [-0.25, -0.2) is 0 Å². The fourth-order valence-electron chi connectivity index (χ4n) is 2.24. The molecular formula is C17H16Br2O. The predicted molar refractivity (Wildman–Crippen MR) is 90.6 cm³/mol. The van der Waals surface area contributed by atoms with Crippen molar-refractivity contribution in [2.75, 3.05) is 5.33 Å². The van der Waals surface area contributed by atoms with Crippen LogP contribution in [0.5, 0.6) is 0 Å². The van der Waals surface area contributed by atoms with Crippen LogP contribution >= 0.6 is 31.9 Å². The number of rotatable bonds is 6. The van der Waals surface area contributed by atoms with E-state index >= 15 is 0 Å². The van der Waals surface area contributed by atoms with Crippen molar-refractivity contribution in [1.82, 2.24) is 0 Å². The highest BCUT2D eigenvalue weighted by Crippen LogP contribution is 2.42. The lowest BCUT2D eigenvalue weighted by Gasteiger charge is -2.28. The molecule has 0 saturated heterocycles. The Morgan fingerprint density at radius 2 is 1.35 bits per heavy atom. The van der Waals surface area contributed by atoms with Gasteiger partial charge in [0.2, 0.25) is 0 Å². The van der Waals surface area contributed by atoms with Gasteiger partial charge in [0.15, 0.2) is 0 Å². The van der Waals surface area contributed by atoms with Gasteiger partial charge < -0.3 is 0 Å². The van der Waals surface area contributed by atoms with Crippen LogP contribution in [0.3, 0.4) is 0 Å². The molecule has 0 heterocycles. The monoisotopic (exact) mass is 394 g/mol. The first kappa shape index (κ1) is 15.5. The Kier molecular flexibility index (Phi) is 5.55. The molecule has 0 aromatic heterocycles. The smallest absolute Gasteiger partial charge is 0.135 e. The molecule has 3 heteroatoms. The largest absolute Gasteiger partial charge is 0.300 e. The summed E-state index contributed by atoms with van der Waals surface area (Å²) in [6.45, 7) is 0. The van der Waals surface area contributed by atoms with Gasteiger partial charge in [0.1, 0.15) is 5.78 Å². The van der Waals surface area contributed by atoms with Crippen molar-refractivity contribution in [2.45, 2.75) is 17.2 Å². The second-order valence-corrected chi connectivity index (χ2v) is 6.83. The number of carbonyl (C=O) groups is 1. The molecule has 1 nitrogen and oxygen atoms in total. The normalized spacial score (nSPS) is 11.3. The molecule has 2 rings (SSSR count). The van der Waals surface area contributed by atoms with Gasteiger partial charge >= 0.3 is 0 Å². The molecule has 20 heavy (non-hydrogen) atoms. The van der Waals surface area contributed by atoms with E-state index < -0.39 is 4.32 Å². The maximum atomic E-state index is 12.1. The third-order valence-corrected chi connectivity index (χ3v) is 4.87. The molecule has 0 atom stereocenters. The van der Waals surface area contributed by atoms with Gasteiger partial charge in [-0.05, 0) is 11.1 Å². The number of alkyl halides is 2. The van der Waals surface area contributed by atoms with Gasteiger partial charge in [-0.15, -0.1) is 0 Å². The first-order valence-corrected chi connectivity index (χ1v) is 8.46. The molecule has 104 valence electrons. The molecule has 2 aromatic carbocycles. The molecule has 0 unspecified atom stereocenters. The minimum Gasteiger partial charge on any atom is -0.300 e. The predicted octanol–water partition coefficient (Wildman–Crippen LogP) is 5.07. The van der Waals surface area contributed by atoms with Crippen LogP contribution in [0.25, 0.3) is 0 Å². The molecule has 0 amide bonds. The van der Waals surface area contributed by atoms with E-state index in [1.807, 2.05) is 36.4 Å². The van der Waals surface area contributed by atoms with E-state index in [2.05, 4.69) is 56.1 Å². The summed E-state index contributed by atoms with van der Waals surface area (Å²) in [5, 5.41) is 0.707. The zero-order valence-electron chi connectivity index (χ0n) is 11.1. The second-order valence-electron chi connectivity index (χ2n) is 4.69. The summed E-state index contributed by atoms with van der Waals surface area (Å²) in [5.74, 6) is 0.242. The van der Waals surface area contributed by atoms with E-state index in [9.17, 15) is 4.79 Å². The maximum Gasteiger partial charge on any atom is 0.135 e. The maximum absolute atomic E-state index is 12.1. The van der Waals surface area contributed by atoms with Gasteiger partial charge in [0, 0.05) is 18.2 Å². The molecule has 0 radical (unpaired) electrons. The lowest BCUT2D eigenvalue weighted by atomic mass is 9.86. The van der Waals surface area contributed by atoms with Crippen molar-refractivity contribution in [2.24, 2.45) is 0 Å². The average Bonchev–Trinajstić information content (AvgIpc) is 2.49. The summed E-state index contributed by atoms with van der Waals surface area (Å²) in [4.78, 5) is 12.1. The summed E-state index contributed by atoms with van der Waals surface area (Å²) in [5.41, 5.74) is 2.21. The average molecular weight is 396 g/mol. The molecule has 0 bridgehead atoms. The minimum absolute atomic E-state index is 0.242. The van der Waals surface area contributed by atoms with Crippen molar-refractivity contribution >= 4 is 37.6 Å². The minimum atomic E-state index is -0.450. The van der Waals surface area contributed by atoms with Gasteiger partial charge in [-0.1, -0.05) is 92.5 Å². The Balaban J connectivity index is 2.41. The summed E-state index contributed by atoms with van der Waals surface area (Å²) in [6.07, 6.45) is 1.000. The van der Waals surface area contributed by atoms with Crippen molar-refractivity contribution in [3.05, 3.63) is 71.8 Å². The molecule has 0 spiro atoms. The van der Waals surface area contributed by atoms with Gasteiger partial charge in [0.25, 0.3) is 0 Å². The quantitative estimate of drug-likeness (QED) is 0.624. The number of Topliss-reactive ketones (excluding diaryl/α,β-unsaturated/α-hetero) is 1. The summed E-state index contributed by atoms with van der Waals surface area (Å²) >= 11 is 7.17. The molecule has 0 fully saturated rings. The van der Waals surface area contributed by atoms with E-state index in [0.717, 1.165) is 11.1 Å². The van der Waals surface area contributed by atoms with E-state index in [4.69, 9.17) is 0 Å². The first-order valence-electron chi connectivity index (χ1n) is 6.54. The van der Waals surface area contributed by atoms with Crippen LogP contribution in [0.15, 0.2) is 60.7 Å². The Morgan fingerprint density at radius 1 is 0.900 bits per heavy atom. The van der Waals surface area contributed by atoms with Gasteiger partial charge in [-0.2, -0.15) is 0 Å². The van der Waals surface area contributed by atoms with Crippen LogP contribution in [0.2, 0.25) is 0 Å². The van der Waals surface area contributed by atoms with Crippen LogP contribution in [0, 0.1) is 0 Å². The van der Waals surface area contributed by atoms with Crippen molar-refractivity contribution in [3.8, 4) is 0 Å². The Labute approximate surface area is 136 Å². The SMILES string of the molecule is O=C(CCBr)CC(Br)(c1ccccc1)c1ccccc1. The van der Waals surface area contributed by atoms with Crippen LogP contribution < -0.4 is 0 Å². The van der Waals surface area contributed by atoms with Gasteiger partial charge in [0.05, 0.1) is 4.32 Å². The number of carbonyl (C=O) groups excluding carboxylic acids is 1. The highest BCUT2D eigenvalue weighted by Gasteiger charge is 2.33. The van der Waals surface area contributed by atoms with E-state index in [1.165, 1.54) is 0 Å². The van der Waals surface area contributed by atoms with Crippen LogP contribution in [-0.4, -0.2) is 11.1 Å². The molecule has 0 saturated carbocycles. The standard InChI is InChI=1S/C17H16Br2O/c18-12-11-16(20)13-17(19,14-7-3-1-4-8-14)15-9-5-2-6-10-15/h1-10H,11-13H2. The highest BCUT2D eigenvalue weighted by molar-refractivity contribution is 9.09. The van der Waals surface area contributed by atoms with Crippen molar-refractivity contribution in [1.29, 1.82) is 0 Å². The lowest BCUT2D eigenvalue weighted by Crippen LogP contribution is -2.24. The molecule has 2 aromatic rings. The summed E-state index contributed by atoms with van der Waals surface area (Å²) in [6, 6.07) is 20.2. The van der Waals surface area contributed by atoms with Gasteiger partial charge in [-0.3, -0.25) is 4.79 Å². The van der Waals surface area contributed by atoms with Crippen LogP contribution in [0.1, 0.15) is 24.0 Å². The second kappa shape index (κ2) is 7.19. The van der Waals surface area contributed by atoms with Crippen molar-refractivity contribution in [3.63, 3.8) is 0 Å². The molecule has 0 N–H and O–H groups in total. The Hall–Kier alpha value is -0.930. The summed E-state index contributed by atoms with van der Waals surface area (Å²) in [7, 11) is 0. The fraction of sp³-hybridized carbons (Fsp3) is 0.235. The third kappa shape index (κ3) is 3.58. The zero-order chi connectivity index (χ0) is 14.4. The Morgan fingerprint density at radius 3 is 1.75 bits per heavy atom. The number of hydrogen-bond acceptors (Lipinski definition) is 1. The topological polar surface area (TPSA) is 17.1 Å². The van der Waals surface area contributed by atoms with Crippen LogP contribution in [-0.2, 0) is 9.12 Å². The lowest BCUT2D eigenvalue weighted by molar-refractivity contribution is -0.119. The van der Waals surface area contributed by atoms with E-state index in [0.29, 0.717) is 18.2 Å². The molecule has 0 aliphatic heterocycles. The number of benzene rings is 2.